The van der Waals surface area contributed by atoms with Crippen LogP contribution in [0.2, 0.25) is 0 Å². The molecule has 2 aliphatic heterocycles. The third-order valence-corrected chi connectivity index (χ3v) is 5.32. The van der Waals surface area contributed by atoms with Crippen molar-refractivity contribution in [2.75, 3.05) is 44.7 Å². The van der Waals surface area contributed by atoms with E-state index in [9.17, 15) is 19.2 Å². The fourth-order valence-electron chi connectivity index (χ4n) is 3.55. The number of imide groups is 1. The van der Waals surface area contributed by atoms with Crippen LogP contribution in [0, 0.1) is 0 Å². The van der Waals surface area contributed by atoms with Gasteiger partial charge in [-0.1, -0.05) is 18.2 Å². The molecule has 8 heteroatoms. The molecule has 1 saturated heterocycles. The number of anilines is 1. The first-order valence-corrected chi connectivity index (χ1v) is 9.67. The number of carbonyl (C=O) groups is 4. The highest BCUT2D eigenvalue weighted by molar-refractivity contribution is 6.34. The lowest BCUT2D eigenvalue weighted by Gasteiger charge is -2.32. The molecule has 154 valence electrons. The first kappa shape index (κ1) is 19.8. The second kappa shape index (κ2) is 8.08. The lowest BCUT2D eigenvalue weighted by Crippen LogP contribution is -2.48. The first-order chi connectivity index (χ1) is 14.5. The molecule has 0 atom stereocenters. The number of nitrogens with zero attached hydrogens (tertiary/aromatic N) is 3. The van der Waals surface area contributed by atoms with E-state index in [4.69, 9.17) is 4.74 Å². The Morgan fingerprint density at radius 3 is 2.17 bits per heavy atom. The quantitative estimate of drug-likeness (QED) is 0.563. The summed E-state index contributed by atoms with van der Waals surface area (Å²) >= 11 is 0. The van der Waals surface area contributed by atoms with Crippen LogP contribution >= 0.6 is 0 Å². The molecule has 4 rings (SSSR count). The largest absolute Gasteiger partial charge is 0.452 e. The molecule has 2 heterocycles. The number of esters is 1. The van der Waals surface area contributed by atoms with Crippen molar-refractivity contribution in [3.8, 4) is 0 Å². The first-order valence-electron chi connectivity index (χ1n) is 9.67. The molecule has 0 aliphatic carbocycles. The van der Waals surface area contributed by atoms with Crippen molar-refractivity contribution in [2.45, 2.75) is 0 Å². The molecule has 3 amide bonds. The number of hydrogen-bond acceptors (Lipinski definition) is 6. The van der Waals surface area contributed by atoms with Gasteiger partial charge in [0.25, 0.3) is 17.7 Å². The van der Waals surface area contributed by atoms with E-state index in [1.165, 1.54) is 12.1 Å². The average molecular weight is 407 g/mol. The Hall–Kier alpha value is -3.52. The van der Waals surface area contributed by atoms with E-state index < -0.39 is 17.8 Å². The maximum Gasteiger partial charge on any atom is 0.338 e. The molecule has 0 N–H and O–H groups in total. The minimum absolute atomic E-state index is 0.162. The van der Waals surface area contributed by atoms with Gasteiger partial charge in [-0.3, -0.25) is 14.4 Å². The van der Waals surface area contributed by atoms with Gasteiger partial charge in [-0.15, -0.1) is 0 Å². The van der Waals surface area contributed by atoms with Crippen LogP contribution in [0.1, 0.15) is 31.1 Å². The molecule has 2 aromatic carbocycles. The summed E-state index contributed by atoms with van der Waals surface area (Å²) in [6, 6.07) is 12.7. The smallest absolute Gasteiger partial charge is 0.338 e. The third kappa shape index (κ3) is 3.69. The van der Waals surface area contributed by atoms with Crippen LogP contribution < -0.4 is 4.90 Å². The van der Waals surface area contributed by atoms with Crippen molar-refractivity contribution >= 4 is 29.4 Å². The molecular formula is C22H21N3O5. The Morgan fingerprint density at radius 1 is 0.900 bits per heavy atom. The van der Waals surface area contributed by atoms with Gasteiger partial charge in [0.1, 0.15) is 0 Å². The monoisotopic (exact) mass is 407 g/mol. The number of carbonyl (C=O) groups excluding carboxylic acids is 4. The van der Waals surface area contributed by atoms with Crippen LogP contribution in [0.4, 0.5) is 5.69 Å². The van der Waals surface area contributed by atoms with E-state index in [-0.39, 0.29) is 23.8 Å². The number of ether oxygens (including phenoxy) is 1. The molecule has 0 radical (unpaired) electrons. The second-order valence-corrected chi connectivity index (χ2v) is 7.30. The minimum Gasteiger partial charge on any atom is -0.452 e. The lowest BCUT2D eigenvalue weighted by atomic mass is 10.1. The summed E-state index contributed by atoms with van der Waals surface area (Å²) in [5.74, 6) is -1.80. The Bertz CT molecular complexity index is 992. The van der Waals surface area contributed by atoms with E-state index >= 15 is 0 Å². The van der Waals surface area contributed by atoms with Gasteiger partial charge >= 0.3 is 5.97 Å². The topological polar surface area (TPSA) is 87.2 Å². The zero-order chi connectivity index (χ0) is 21.3. The minimum atomic E-state index is -0.684. The normalized spacial score (nSPS) is 16.6. The molecule has 0 spiro atoms. The van der Waals surface area contributed by atoms with Gasteiger partial charge < -0.3 is 14.5 Å². The van der Waals surface area contributed by atoms with Gasteiger partial charge in [0.15, 0.2) is 6.61 Å². The van der Waals surface area contributed by atoms with E-state index in [0.29, 0.717) is 24.2 Å². The lowest BCUT2D eigenvalue weighted by molar-refractivity contribution is -0.136. The number of hydrogen-bond donors (Lipinski definition) is 0. The Morgan fingerprint density at radius 2 is 1.53 bits per heavy atom. The molecule has 2 aliphatic rings. The van der Waals surface area contributed by atoms with Crippen LogP contribution in [0.25, 0.3) is 0 Å². The highest BCUT2D eigenvalue weighted by Gasteiger charge is 2.36. The summed E-state index contributed by atoms with van der Waals surface area (Å²) in [4.78, 5) is 54.8. The molecule has 2 aromatic rings. The summed E-state index contributed by atoms with van der Waals surface area (Å²) in [6.07, 6.45) is 0. The molecule has 0 aromatic heterocycles. The van der Waals surface area contributed by atoms with Crippen LogP contribution in [0.5, 0.6) is 0 Å². The average Bonchev–Trinajstić information content (AvgIpc) is 3.03. The van der Waals surface area contributed by atoms with Crippen LogP contribution in [0.3, 0.4) is 0 Å². The fraction of sp³-hybridized carbons (Fsp3) is 0.273. The van der Waals surface area contributed by atoms with Crippen LogP contribution in [-0.4, -0.2) is 73.3 Å². The SMILES string of the molecule is CN1CCN(C(=O)COC(=O)c2cccc(N3C(=O)c4ccccc4C3=O)c2)CC1. The highest BCUT2D eigenvalue weighted by atomic mass is 16.5. The number of rotatable bonds is 4. The summed E-state index contributed by atoms with van der Waals surface area (Å²) in [6.45, 7) is 2.41. The molecule has 0 bridgehead atoms. The summed E-state index contributed by atoms with van der Waals surface area (Å²) in [7, 11) is 1.99. The molecule has 1 fully saturated rings. The Labute approximate surface area is 173 Å². The third-order valence-electron chi connectivity index (χ3n) is 5.32. The number of piperazine rings is 1. The van der Waals surface area contributed by atoms with Crippen molar-refractivity contribution in [1.82, 2.24) is 9.80 Å². The van der Waals surface area contributed by atoms with Crippen LogP contribution in [0.15, 0.2) is 48.5 Å². The number of likely N-dealkylation sites (N-methyl/N-ethyl adjacent to an activating group) is 1. The van der Waals surface area contributed by atoms with Crippen molar-refractivity contribution in [3.63, 3.8) is 0 Å². The van der Waals surface area contributed by atoms with Crippen molar-refractivity contribution in [3.05, 3.63) is 65.2 Å². The van der Waals surface area contributed by atoms with Crippen molar-refractivity contribution in [1.29, 1.82) is 0 Å². The fourth-order valence-corrected chi connectivity index (χ4v) is 3.55. The molecule has 0 saturated carbocycles. The molecule has 0 unspecified atom stereocenters. The number of fused-ring (bicyclic) bond motifs is 1. The predicted molar refractivity (Wildman–Crippen MR) is 108 cm³/mol. The number of benzene rings is 2. The maximum atomic E-state index is 12.6. The van der Waals surface area contributed by atoms with Crippen molar-refractivity contribution in [2.24, 2.45) is 0 Å². The van der Waals surface area contributed by atoms with E-state index in [1.807, 2.05) is 7.05 Å². The van der Waals surface area contributed by atoms with Gasteiger partial charge in [0.2, 0.25) is 0 Å². The summed E-state index contributed by atoms with van der Waals surface area (Å²) < 4.78 is 5.17. The van der Waals surface area contributed by atoms with Gasteiger partial charge in [0.05, 0.1) is 22.4 Å². The van der Waals surface area contributed by atoms with Crippen LogP contribution in [-0.2, 0) is 9.53 Å². The van der Waals surface area contributed by atoms with Gasteiger partial charge in [0, 0.05) is 26.2 Å². The summed E-state index contributed by atoms with van der Waals surface area (Å²) in [5, 5.41) is 0. The molecule has 30 heavy (non-hydrogen) atoms. The van der Waals surface area contributed by atoms with Crippen molar-refractivity contribution < 1.29 is 23.9 Å². The molecule has 8 nitrogen and oxygen atoms in total. The van der Waals surface area contributed by atoms with E-state index in [0.717, 1.165) is 18.0 Å². The predicted octanol–water partition coefficient (Wildman–Crippen LogP) is 1.42. The summed E-state index contributed by atoms with van der Waals surface area (Å²) in [5.41, 5.74) is 1.10. The standard InChI is InChI=1S/C22H21N3O5/c1-23-9-11-24(12-10-23)19(26)14-30-22(29)15-5-4-6-16(13-15)25-20(27)17-7-2-3-8-18(17)21(25)28/h2-8,13H,9-12,14H2,1H3. The Kier molecular flexibility index (Phi) is 5.33. The number of amides is 3. The Balaban J connectivity index is 1.44. The zero-order valence-electron chi connectivity index (χ0n) is 16.5. The van der Waals surface area contributed by atoms with Gasteiger partial charge in [-0.2, -0.15) is 0 Å². The second-order valence-electron chi connectivity index (χ2n) is 7.30. The van der Waals surface area contributed by atoms with Gasteiger partial charge in [-0.05, 0) is 37.4 Å². The zero-order valence-corrected chi connectivity index (χ0v) is 16.5. The maximum absolute atomic E-state index is 12.6. The van der Waals surface area contributed by atoms with Gasteiger partial charge in [-0.25, -0.2) is 9.69 Å². The van der Waals surface area contributed by atoms with E-state index in [2.05, 4.69) is 4.90 Å². The molecular weight excluding hydrogens is 386 g/mol. The van der Waals surface area contributed by atoms with E-state index in [1.54, 1.807) is 41.3 Å². The highest BCUT2D eigenvalue weighted by Crippen LogP contribution is 2.28.